The molecule has 11 heavy (non-hydrogen) atoms. The number of ether oxygens (including phenoxy) is 1. The van der Waals surface area contributed by atoms with Crippen LogP contribution in [0.5, 0.6) is 0 Å². The molecule has 0 heterocycles. The van der Waals surface area contributed by atoms with Gasteiger partial charge in [-0.05, 0) is 6.92 Å². The third-order valence-corrected chi connectivity index (χ3v) is 1.10. The Kier molecular flexibility index (Phi) is 4.49. The number of carbonyl (C=O) groups excluding carboxylic acids is 1. The maximum absolute atomic E-state index is 10.7. The first kappa shape index (κ1) is 10.1. The maximum atomic E-state index is 10.7. The van der Waals surface area contributed by atoms with Gasteiger partial charge in [-0.1, -0.05) is 12.2 Å². The molecule has 0 aliphatic carbocycles. The Hall–Kier alpha value is -0.870. The van der Waals surface area contributed by atoms with Crippen molar-refractivity contribution in [1.29, 1.82) is 0 Å². The van der Waals surface area contributed by atoms with Gasteiger partial charge in [0.25, 0.3) is 0 Å². The van der Waals surface area contributed by atoms with Crippen LogP contribution in [0.2, 0.25) is 0 Å². The van der Waals surface area contributed by atoms with Crippen LogP contribution in [0.15, 0.2) is 12.2 Å². The van der Waals surface area contributed by atoms with Gasteiger partial charge in [-0.2, -0.15) is 0 Å². The van der Waals surface area contributed by atoms with Crippen molar-refractivity contribution in [3.05, 3.63) is 12.2 Å². The molecule has 0 aromatic heterocycles. The van der Waals surface area contributed by atoms with Crippen LogP contribution < -0.4 is 11.5 Å². The van der Waals surface area contributed by atoms with Crippen LogP contribution in [0.25, 0.3) is 0 Å². The zero-order valence-corrected chi connectivity index (χ0v) is 6.78. The molecule has 2 unspecified atom stereocenters. The van der Waals surface area contributed by atoms with Crippen LogP contribution in [0.3, 0.4) is 0 Å². The summed E-state index contributed by atoms with van der Waals surface area (Å²) in [4.78, 5) is 10.7. The molecule has 0 aliphatic heterocycles. The molecular weight excluding hydrogens is 144 g/mol. The van der Waals surface area contributed by atoms with Gasteiger partial charge in [-0.3, -0.25) is 4.79 Å². The first-order valence-electron chi connectivity index (χ1n) is 3.35. The summed E-state index contributed by atoms with van der Waals surface area (Å²) < 4.78 is 4.39. The molecule has 0 fully saturated rings. The molecule has 0 rings (SSSR count). The van der Waals surface area contributed by atoms with Crippen LogP contribution in [-0.4, -0.2) is 25.2 Å². The average Bonchev–Trinajstić information content (AvgIpc) is 1.98. The number of methoxy groups -OCH3 is 1. The second kappa shape index (κ2) is 4.87. The van der Waals surface area contributed by atoms with Crippen molar-refractivity contribution < 1.29 is 9.53 Å². The quantitative estimate of drug-likeness (QED) is 0.424. The highest BCUT2D eigenvalue weighted by Crippen LogP contribution is 1.87. The topological polar surface area (TPSA) is 78.3 Å². The third-order valence-electron chi connectivity index (χ3n) is 1.10. The SMILES string of the molecule is COC(=O)C(N)/C=C\C(C)N. The number of carbonyl (C=O) groups is 1. The summed E-state index contributed by atoms with van der Waals surface area (Å²) in [6, 6.07) is -0.795. The van der Waals surface area contributed by atoms with Gasteiger partial charge >= 0.3 is 5.97 Å². The predicted molar refractivity (Wildman–Crippen MR) is 42.8 cm³/mol. The Balaban J connectivity index is 3.86. The standard InChI is InChI=1S/C7H14N2O2/c1-5(8)3-4-6(9)7(10)11-2/h3-6H,8-9H2,1-2H3/b4-3-. The molecule has 0 amide bonds. The van der Waals surface area contributed by atoms with E-state index in [-0.39, 0.29) is 6.04 Å². The van der Waals surface area contributed by atoms with Crippen molar-refractivity contribution >= 4 is 5.97 Å². The van der Waals surface area contributed by atoms with Gasteiger partial charge in [0.2, 0.25) is 0 Å². The molecule has 0 aliphatic rings. The van der Waals surface area contributed by atoms with Crippen LogP contribution in [0.4, 0.5) is 0 Å². The van der Waals surface area contributed by atoms with Crippen molar-refractivity contribution in [1.82, 2.24) is 0 Å². The lowest BCUT2D eigenvalue weighted by atomic mass is 10.2. The number of nitrogens with two attached hydrogens (primary N) is 2. The van der Waals surface area contributed by atoms with Crippen LogP contribution in [0, 0.1) is 0 Å². The first-order valence-corrected chi connectivity index (χ1v) is 3.35. The Morgan fingerprint density at radius 1 is 1.45 bits per heavy atom. The van der Waals surface area contributed by atoms with Gasteiger partial charge in [0.1, 0.15) is 6.04 Å². The van der Waals surface area contributed by atoms with Crippen LogP contribution >= 0.6 is 0 Å². The molecule has 0 saturated heterocycles. The van der Waals surface area contributed by atoms with Gasteiger partial charge in [0, 0.05) is 6.04 Å². The Bertz CT molecular complexity index is 155. The minimum Gasteiger partial charge on any atom is -0.468 e. The fraction of sp³-hybridized carbons (Fsp3) is 0.571. The van der Waals surface area contributed by atoms with Gasteiger partial charge in [-0.15, -0.1) is 0 Å². The lowest BCUT2D eigenvalue weighted by molar-refractivity contribution is -0.140. The van der Waals surface area contributed by atoms with E-state index >= 15 is 0 Å². The summed E-state index contributed by atoms with van der Waals surface area (Å²) >= 11 is 0. The minimum absolute atomic E-state index is 0.0919. The first-order chi connectivity index (χ1) is 5.07. The fourth-order valence-corrected chi connectivity index (χ4v) is 0.510. The van der Waals surface area contributed by atoms with Gasteiger partial charge in [0.15, 0.2) is 0 Å². The fourth-order valence-electron chi connectivity index (χ4n) is 0.510. The molecule has 0 spiro atoms. The van der Waals surface area contributed by atoms with Crippen LogP contribution in [-0.2, 0) is 9.53 Å². The van der Waals surface area contributed by atoms with Gasteiger partial charge < -0.3 is 16.2 Å². The molecule has 0 radical (unpaired) electrons. The van der Waals surface area contributed by atoms with Crippen LogP contribution in [0.1, 0.15) is 6.92 Å². The lowest BCUT2D eigenvalue weighted by Gasteiger charge is -2.03. The molecule has 0 aromatic carbocycles. The predicted octanol–water partition coefficient (Wildman–Crippen LogP) is -0.610. The maximum Gasteiger partial charge on any atom is 0.326 e. The number of esters is 1. The summed E-state index contributed by atoms with van der Waals surface area (Å²) in [5.41, 5.74) is 10.7. The molecule has 0 bridgehead atoms. The van der Waals surface area contributed by atoms with Gasteiger partial charge in [0.05, 0.1) is 7.11 Å². The van der Waals surface area contributed by atoms with Crippen molar-refractivity contribution in [2.75, 3.05) is 7.11 Å². The lowest BCUT2D eigenvalue weighted by Crippen LogP contribution is -2.29. The van der Waals surface area contributed by atoms with Crippen molar-refractivity contribution in [3.63, 3.8) is 0 Å². The molecular formula is C7H14N2O2. The van der Waals surface area contributed by atoms with E-state index in [2.05, 4.69) is 4.74 Å². The highest BCUT2D eigenvalue weighted by Gasteiger charge is 2.08. The van der Waals surface area contributed by atoms with E-state index in [0.717, 1.165) is 0 Å². The minimum atomic E-state index is -0.703. The second-order valence-corrected chi connectivity index (χ2v) is 2.29. The largest absolute Gasteiger partial charge is 0.468 e. The average molecular weight is 158 g/mol. The second-order valence-electron chi connectivity index (χ2n) is 2.29. The molecule has 64 valence electrons. The van der Waals surface area contributed by atoms with E-state index in [9.17, 15) is 4.79 Å². The van der Waals surface area contributed by atoms with Crippen molar-refractivity contribution in [2.24, 2.45) is 11.5 Å². The smallest absolute Gasteiger partial charge is 0.326 e. The summed E-state index contributed by atoms with van der Waals surface area (Å²) in [5, 5.41) is 0. The number of rotatable bonds is 3. The summed E-state index contributed by atoms with van der Waals surface area (Å²) in [6.07, 6.45) is 3.18. The molecule has 0 aromatic rings. The molecule has 4 nitrogen and oxygen atoms in total. The van der Waals surface area contributed by atoms with E-state index in [4.69, 9.17) is 11.5 Å². The Labute approximate surface area is 66.2 Å². The van der Waals surface area contributed by atoms with E-state index < -0.39 is 12.0 Å². The number of hydrogen-bond acceptors (Lipinski definition) is 4. The third kappa shape index (κ3) is 4.52. The Morgan fingerprint density at radius 3 is 2.36 bits per heavy atom. The molecule has 0 saturated carbocycles. The van der Waals surface area contributed by atoms with E-state index in [1.807, 2.05) is 0 Å². The zero-order chi connectivity index (χ0) is 8.85. The highest BCUT2D eigenvalue weighted by atomic mass is 16.5. The van der Waals surface area contributed by atoms with Crippen molar-refractivity contribution in [3.8, 4) is 0 Å². The molecule has 2 atom stereocenters. The summed E-state index contributed by atoms with van der Waals surface area (Å²) in [7, 11) is 1.29. The summed E-state index contributed by atoms with van der Waals surface area (Å²) in [5.74, 6) is -0.457. The van der Waals surface area contributed by atoms with Gasteiger partial charge in [-0.25, -0.2) is 0 Å². The van der Waals surface area contributed by atoms with E-state index in [1.165, 1.54) is 13.2 Å². The van der Waals surface area contributed by atoms with E-state index in [0.29, 0.717) is 0 Å². The van der Waals surface area contributed by atoms with Crippen molar-refractivity contribution in [2.45, 2.75) is 19.0 Å². The van der Waals surface area contributed by atoms with E-state index in [1.54, 1.807) is 13.0 Å². The summed E-state index contributed by atoms with van der Waals surface area (Å²) in [6.45, 7) is 1.79. The zero-order valence-electron chi connectivity index (χ0n) is 6.78. The number of hydrogen-bond donors (Lipinski definition) is 2. The normalized spacial score (nSPS) is 16.4. The molecule has 4 N–H and O–H groups in total. The highest BCUT2D eigenvalue weighted by molar-refractivity contribution is 5.77. The Morgan fingerprint density at radius 2 is 2.00 bits per heavy atom. The molecule has 4 heteroatoms. The monoisotopic (exact) mass is 158 g/mol.